The number of carbonyl (C=O) groups is 1. The summed E-state index contributed by atoms with van der Waals surface area (Å²) in [7, 11) is 0. The second-order valence-corrected chi connectivity index (χ2v) is 8.29. The Morgan fingerprint density at radius 2 is 1.90 bits per heavy atom. The van der Waals surface area contributed by atoms with Gasteiger partial charge in [-0.1, -0.05) is 59.6 Å². The first-order valence-electron chi connectivity index (χ1n) is 10.2. The lowest BCUT2D eigenvalue weighted by Crippen LogP contribution is -2.43. The van der Waals surface area contributed by atoms with Gasteiger partial charge in [0.25, 0.3) is 0 Å². The fourth-order valence-corrected chi connectivity index (χ4v) is 4.50. The second-order valence-electron chi connectivity index (χ2n) is 7.88. The molecule has 0 radical (unpaired) electrons. The Hall–Kier alpha value is -3.31. The van der Waals surface area contributed by atoms with E-state index in [0.29, 0.717) is 12.2 Å². The standard InChI is InChI=1S/C25H21ClFN3O/c1-15-6-8-16(9-7-15)24-23-19(18-4-2-3-5-22(18)29-23)12-13-30(24)25(31)28-17-10-11-21(27)20(26)14-17/h2-11,14,24,29H,12-13H2,1H3,(H,28,31). The lowest BCUT2D eigenvalue weighted by atomic mass is 9.92. The van der Waals surface area contributed by atoms with Crippen molar-refractivity contribution in [2.75, 3.05) is 11.9 Å². The van der Waals surface area contributed by atoms with E-state index in [-0.39, 0.29) is 17.1 Å². The van der Waals surface area contributed by atoms with Crippen molar-refractivity contribution in [3.63, 3.8) is 0 Å². The number of para-hydroxylation sites is 1. The zero-order chi connectivity index (χ0) is 21.5. The SMILES string of the molecule is Cc1ccc(C2c3[nH]c4ccccc4c3CCN2C(=O)Nc2ccc(F)c(Cl)c2)cc1. The Bertz CT molecular complexity index is 1280. The first-order valence-corrected chi connectivity index (χ1v) is 10.6. The molecule has 156 valence electrons. The number of benzene rings is 3. The number of fused-ring (bicyclic) bond motifs is 3. The minimum atomic E-state index is -0.516. The molecule has 31 heavy (non-hydrogen) atoms. The van der Waals surface area contributed by atoms with Crippen molar-refractivity contribution in [1.82, 2.24) is 9.88 Å². The highest BCUT2D eigenvalue weighted by molar-refractivity contribution is 6.31. The van der Waals surface area contributed by atoms with Gasteiger partial charge < -0.3 is 15.2 Å². The van der Waals surface area contributed by atoms with Crippen molar-refractivity contribution in [1.29, 1.82) is 0 Å². The van der Waals surface area contributed by atoms with Crippen LogP contribution in [0.2, 0.25) is 5.02 Å². The third-order valence-corrected chi connectivity index (χ3v) is 6.15. The summed E-state index contributed by atoms with van der Waals surface area (Å²) < 4.78 is 13.5. The van der Waals surface area contributed by atoms with Gasteiger partial charge in [0, 0.05) is 28.8 Å². The number of nitrogens with zero attached hydrogens (tertiary/aromatic N) is 1. The third-order valence-electron chi connectivity index (χ3n) is 5.86. The van der Waals surface area contributed by atoms with Crippen LogP contribution in [-0.4, -0.2) is 22.5 Å². The van der Waals surface area contributed by atoms with Crippen molar-refractivity contribution in [2.24, 2.45) is 0 Å². The van der Waals surface area contributed by atoms with Gasteiger partial charge in [-0.15, -0.1) is 0 Å². The van der Waals surface area contributed by atoms with Crippen LogP contribution in [-0.2, 0) is 6.42 Å². The Morgan fingerprint density at radius 1 is 1.13 bits per heavy atom. The van der Waals surface area contributed by atoms with Crippen molar-refractivity contribution >= 4 is 34.2 Å². The lowest BCUT2D eigenvalue weighted by Gasteiger charge is -2.36. The molecule has 0 bridgehead atoms. The molecule has 6 heteroatoms. The normalized spacial score (nSPS) is 15.7. The average Bonchev–Trinajstić information content (AvgIpc) is 3.15. The summed E-state index contributed by atoms with van der Waals surface area (Å²) in [5, 5.41) is 4.05. The zero-order valence-corrected chi connectivity index (χ0v) is 17.7. The maximum Gasteiger partial charge on any atom is 0.322 e. The summed E-state index contributed by atoms with van der Waals surface area (Å²) in [6.07, 6.45) is 0.749. The summed E-state index contributed by atoms with van der Waals surface area (Å²) in [5.74, 6) is -0.516. The minimum Gasteiger partial charge on any atom is -0.356 e. The van der Waals surface area contributed by atoms with Crippen molar-refractivity contribution in [3.05, 3.63) is 100.0 Å². The van der Waals surface area contributed by atoms with Crippen LogP contribution in [0, 0.1) is 12.7 Å². The Morgan fingerprint density at radius 3 is 2.68 bits per heavy atom. The fourth-order valence-electron chi connectivity index (χ4n) is 4.32. The molecule has 1 aliphatic heterocycles. The highest BCUT2D eigenvalue weighted by Gasteiger charge is 2.34. The summed E-state index contributed by atoms with van der Waals surface area (Å²) in [5.41, 5.74) is 6.00. The molecule has 5 rings (SSSR count). The van der Waals surface area contributed by atoms with Crippen LogP contribution in [0.4, 0.5) is 14.9 Å². The van der Waals surface area contributed by atoms with Crippen LogP contribution >= 0.6 is 11.6 Å². The van der Waals surface area contributed by atoms with E-state index >= 15 is 0 Å². The van der Waals surface area contributed by atoms with Crippen molar-refractivity contribution in [3.8, 4) is 0 Å². The maximum atomic E-state index is 13.5. The largest absolute Gasteiger partial charge is 0.356 e. The number of H-pyrrole nitrogens is 1. The highest BCUT2D eigenvalue weighted by Crippen LogP contribution is 2.38. The topological polar surface area (TPSA) is 48.1 Å². The number of anilines is 1. The summed E-state index contributed by atoms with van der Waals surface area (Å²) in [6, 6.07) is 20.1. The number of halogens is 2. The Labute approximate surface area is 184 Å². The number of hydrogen-bond donors (Lipinski definition) is 2. The van der Waals surface area contributed by atoms with E-state index in [1.54, 1.807) is 0 Å². The first kappa shape index (κ1) is 19.6. The molecule has 0 aliphatic carbocycles. The van der Waals surface area contributed by atoms with E-state index in [2.05, 4.69) is 46.7 Å². The smallest absolute Gasteiger partial charge is 0.322 e. The molecule has 2 N–H and O–H groups in total. The third kappa shape index (κ3) is 3.55. The molecular weight excluding hydrogens is 413 g/mol. The number of urea groups is 1. The molecule has 3 aromatic carbocycles. The van der Waals surface area contributed by atoms with E-state index in [4.69, 9.17) is 11.6 Å². The van der Waals surface area contributed by atoms with Crippen molar-refractivity contribution < 1.29 is 9.18 Å². The van der Waals surface area contributed by atoms with E-state index in [1.807, 2.05) is 24.0 Å². The molecule has 1 atom stereocenters. The Kier molecular flexibility index (Phi) is 4.91. The van der Waals surface area contributed by atoms with Crippen LogP contribution in [0.3, 0.4) is 0 Å². The van der Waals surface area contributed by atoms with Gasteiger partial charge in [-0.3, -0.25) is 0 Å². The van der Waals surface area contributed by atoms with Crippen LogP contribution in [0.25, 0.3) is 10.9 Å². The lowest BCUT2D eigenvalue weighted by molar-refractivity contribution is 0.193. The van der Waals surface area contributed by atoms with Gasteiger partial charge in [-0.2, -0.15) is 0 Å². The first-order chi connectivity index (χ1) is 15.0. The van der Waals surface area contributed by atoms with Gasteiger partial charge in [0.1, 0.15) is 5.82 Å². The van der Waals surface area contributed by atoms with E-state index in [9.17, 15) is 9.18 Å². The number of rotatable bonds is 2. The molecule has 1 unspecified atom stereocenters. The monoisotopic (exact) mass is 433 g/mol. The molecule has 0 fully saturated rings. The second kappa shape index (κ2) is 7.75. The number of hydrogen-bond acceptors (Lipinski definition) is 1. The number of carbonyl (C=O) groups excluding carboxylic acids is 1. The molecule has 1 aromatic heterocycles. The van der Waals surface area contributed by atoms with Gasteiger partial charge in [-0.25, -0.2) is 9.18 Å². The van der Waals surface area contributed by atoms with E-state index < -0.39 is 5.82 Å². The van der Waals surface area contributed by atoms with Crippen LogP contribution in [0.5, 0.6) is 0 Å². The predicted molar refractivity (Wildman–Crippen MR) is 122 cm³/mol. The van der Waals surface area contributed by atoms with Crippen LogP contribution in [0.1, 0.15) is 28.4 Å². The minimum absolute atomic E-state index is 0.0237. The molecule has 0 spiro atoms. The van der Waals surface area contributed by atoms with Gasteiger partial charge in [-0.05, 0) is 48.7 Å². The van der Waals surface area contributed by atoms with E-state index in [0.717, 1.165) is 28.8 Å². The molecule has 2 heterocycles. The quantitative estimate of drug-likeness (QED) is 0.375. The molecular formula is C25H21ClFN3O. The van der Waals surface area contributed by atoms with Crippen molar-refractivity contribution in [2.45, 2.75) is 19.4 Å². The number of amides is 2. The highest BCUT2D eigenvalue weighted by atomic mass is 35.5. The zero-order valence-electron chi connectivity index (χ0n) is 17.0. The number of aromatic nitrogens is 1. The average molecular weight is 434 g/mol. The Balaban J connectivity index is 1.56. The van der Waals surface area contributed by atoms with Gasteiger partial charge in [0.2, 0.25) is 0 Å². The van der Waals surface area contributed by atoms with Gasteiger partial charge in [0.15, 0.2) is 0 Å². The molecule has 0 saturated carbocycles. The van der Waals surface area contributed by atoms with E-state index in [1.165, 1.54) is 29.1 Å². The van der Waals surface area contributed by atoms with Crippen LogP contribution < -0.4 is 5.32 Å². The van der Waals surface area contributed by atoms with Crippen LogP contribution in [0.15, 0.2) is 66.7 Å². The molecule has 4 aromatic rings. The van der Waals surface area contributed by atoms with Gasteiger partial charge in [0.05, 0.1) is 11.1 Å². The summed E-state index contributed by atoms with van der Waals surface area (Å²) >= 11 is 5.89. The summed E-state index contributed by atoms with van der Waals surface area (Å²) in [4.78, 5) is 18.7. The summed E-state index contributed by atoms with van der Waals surface area (Å²) in [6.45, 7) is 2.61. The number of aromatic amines is 1. The van der Waals surface area contributed by atoms with Gasteiger partial charge >= 0.3 is 6.03 Å². The molecule has 1 aliphatic rings. The maximum absolute atomic E-state index is 13.5. The number of nitrogens with one attached hydrogen (secondary N) is 2. The predicted octanol–water partition coefficient (Wildman–Crippen LogP) is 6.45. The fraction of sp³-hybridized carbons (Fsp3) is 0.160. The molecule has 2 amide bonds. The number of aryl methyl sites for hydroxylation is 1. The molecule has 4 nitrogen and oxygen atoms in total. The molecule has 0 saturated heterocycles.